The molecule has 0 radical (unpaired) electrons. The van der Waals surface area contributed by atoms with Crippen LogP contribution in [-0.4, -0.2) is 109 Å². The number of amides is 2. The molecule has 2 amide bonds. The highest BCUT2D eigenvalue weighted by Gasteiger charge is 2.61. The van der Waals surface area contributed by atoms with E-state index in [1.54, 1.807) is 24.3 Å². The lowest BCUT2D eigenvalue weighted by atomic mass is 9.93. The van der Waals surface area contributed by atoms with E-state index in [0.29, 0.717) is 0 Å². The molecule has 0 spiro atoms. The van der Waals surface area contributed by atoms with Gasteiger partial charge in [0, 0.05) is 5.56 Å². The number of fused-ring (bicyclic) bond motifs is 2. The zero-order chi connectivity index (χ0) is 58.4. The average molecular weight is 1210 g/mol. The van der Waals surface area contributed by atoms with Crippen LogP contribution >= 0.6 is 34.8 Å². The Morgan fingerprint density at radius 2 is 1.00 bits per heavy atom. The first-order chi connectivity index (χ1) is 40.7. The molecule has 14 nitrogen and oxygen atoms in total. The monoisotopic (exact) mass is 1210 g/mol. The maximum atomic E-state index is 14.9. The quantitative estimate of drug-likeness (QED) is 0.0270. The van der Waals surface area contributed by atoms with Crippen molar-refractivity contribution < 1.29 is 56.6 Å². The van der Waals surface area contributed by atoms with Crippen LogP contribution in [0.4, 0.5) is 0 Å². The van der Waals surface area contributed by atoms with Gasteiger partial charge in [-0.05, 0) is 44.2 Å². The maximum absolute atomic E-state index is 14.9. The van der Waals surface area contributed by atoms with Crippen molar-refractivity contribution in [3.8, 4) is 0 Å². The summed E-state index contributed by atoms with van der Waals surface area (Å²) in [5.74, 6) is -1.87. The highest BCUT2D eigenvalue weighted by molar-refractivity contribution is 6.99. The van der Waals surface area contributed by atoms with Gasteiger partial charge < -0.3 is 47.1 Å². The van der Waals surface area contributed by atoms with Crippen molar-refractivity contribution in [2.24, 2.45) is 0 Å². The van der Waals surface area contributed by atoms with Gasteiger partial charge in [-0.15, -0.1) is 0 Å². The van der Waals surface area contributed by atoms with Gasteiger partial charge in [0.05, 0.1) is 44.2 Å². The van der Waals surface area contributed by atoms with E-state index < -0.39 is 102 Å². The molecule has 0 saturated carbocycles. The molecule has 0 bridgehead atoms. The van der Waals surface area contributed by atoms with Crippen LogP contribution in [0, 0.1) is 5.41 Å². The van der Waals surface area contributed by atoms with Crippen molar-refractivity contribution in [2.45, 2.75) is 117 Å². The minimum atomic E-state index is -3.59. The molecule has 3 fully saturated rings. The number of halogens is 3. The Morgan fingerprint density at radius 1 is 0.548 bits per heavy atom. The number of hydrogen-bond donors (Lipinski definition) is 1. The highest BCUT2D eigenvalue weighted by Crippen LogP contribution is 2.44. The second-order valence-electron chi connectivity index (χ2n) is 22.1. The summed E-state index contributed by atoms with van der Waals surface area (Å²) in [6.07, 6.45) is -11.2. The zero-order valence-corrected chi connectivity index (χ0v) is 49.8. The van der Waals surface area contributed by atoms with Gasteiger partial charge >= 0.3 is 0 Å². The Morgan fingerprint density at radius 3 is 1.49 bits per heavy atom. The number of nitrogens with one attached hydrogen (secondary N) is 1. The Balaban J connectivity index is 1.04. The number of rotatable bonds is 19. The van der Waals surface area contributed by atoms with E-state index in [9.17, 15) is 9.59 Å². The largest absolute Gasteiger partial charge is 0.445 e. The Bertz CT molecular complexity index is 3240. The normalized spacial score (nSPS) is 25.4. The molecule has 0 unspecified atom stereocenters. The van der Waals surface area contributed by atoms with E-state index in [4.69, 9.17) is 87.3 Å². The molecule has 1 N–H and O–H groups in total. The van der Waals surface area contributed by atoms with Crippen LogP contribution < -0.4 is 10.4 Å². The molecular weight excluding hydrogens is 1150 g/mol. The summed E-state index contributed by atoms with van der Waals surface area (Å²) in [4.78, 5) is 31.1. The van der Waals surface area contributed by atoms with Crippen molar-refractivity contribution in [3.63, 3.8) is 0 Å². The number of hydrogen-bond acceptors (Lipinski definition) is 13. The van der Waals surface area contributed by atoms with Crippen LogP contribution in [0.5, 0.6) is 0 Å². The smallest absolute Gasteiger partial charge is 0.265 e. The molecule has 0 aromatic heterocycles. The van der Waals surface area contributed by atoms with Crippen LogP contribution in [0.1, 0.15) is 70.0 Å². The fraction of sp³-hybridized carbons (Fsp3) is 0.318. The lowest BCUT2D eigenvalue weighted by Gasteiger charge is -2.52. The lowest BCUT2D eigenvalue weighted by Crippen LogP contribution is -2.73. The van der Waals surface area contributed by atoms with Gasteiger partial charge in [-0.3, -0.25) is 19.9 Å². The van der Waals surface area contributed by atoms with Crippen LogP contribution in [0.25, 0.3) is 0 Å². The number of carbonyl (C=O) groups excluding carboxylic acids is 2. The van der Waals surface area contributed by atoms with E-state index in [0.717, 1.165) is 32.6 Å². The van der Waals surface area contributed by atoms with Gasteiger partial charge in [0.25, 0.3) is 23.9 Å². The van der Waals surface area contributed by atoms with E-state index in [1.165, 1.54) is 4.90 Å². The number of ether oxygens (including phenoxy) is 9. The van der Waals surface area contributed by atoms with Crippen molar-refractivity contribution in [1.82, 2.24) is 4.90 Å². The molecule has 4 heterocycles. The summed E-state index contributed by atoms with van der Waals surface area (Å²) in [5, 5.41) is 10.4. The molecular formula is C66H65Cl3N2O12Si. The first-order valence-corrected chi connectivity index (χ1v) is 31.0. The van der Waals surface area contributed by atoms with E-state index in [1.807, 2.05) is 158 Å². The van der Waals surface area contributed by atoms with Crippen LogP contribution in [-0.2, 0) is 66.9 Å². The summed E-state index contributed by atoms with van der Waals surface area (Å²) in [6.45, 7) is 6.33. The van der Waals surface area contributed by atoms with Gasteiger partial charge in [0.1, 0.15) is 48.8 Å². The fourth-order valence-corrected chi connectivity index (χ4v) is 16.4. The molecule has 3 saturated heterocycles. The maximum Gasteiger partial charge on any atom is 0.265 e. The summed E-state index contributed by atoms with van der Waals surface area (Å²) in [6, 6.07) is 64.0. The van der Waals surface area contributed by atoms with Gasteiger partial charge in [-0.2, -0.15) is 0 Å². The summed E-state index contributed by atoms with van der Waals surface area (Å²) in [7, 11) is -3.59. The Kier molecular flexibility index (Phi) is 18.6. The standard InChI is InChI=1S/C66H65Cl3N2O12Si/c1-65(2,3)84(47-32-18-8-19-33-47,48-34-20-9-21-35-48)83-57-54(74-38-43-24-10-4-11-25-43)51(80-63(82-64(70)66(67,68)69)58(57)76-40-45-28-14-6-15-29-45)41-78-62-53(71-59(72)49-36-22-23-37-50(49)60(71)73)56(75-39-44-26-12-5-13-27-44)55-52(79-62)42-77-61(81-55)46-30-16-7-17-31-46/h4-37,51-58,61-63,70H,38-42H2,1-3H3/t51-,52-,53-,54-,55-,56-,57+,58+,61-,62-,63-/m1/s1. The molecule has 84 heavy (non-hydrogen) atoms. The Hall–Kier alpha value is -6.12. The van der Waals surface area contributed by atoms with Crippen molar-refractivity contribution in [2.75, 3.05) is 13.2 Å². The predicted molar refractivity (Wildman–Crippen MR) is 321 cm³/mol. The number of benzene rings is 7. The van der Waals surface area contributed by atoms with Crippen molar-refractivity contribution in [3.05, 3.63) is 240 Å². The first-order valence-electron chi connectivity index (χ1n) is 28.0. The van der Waals surface area contributed by atoms with Crippen LogP contribution in [0.3, 0.4) is 0 Å². The number of alkyl halides is 3. The molecule has 0 aliphatic carbocycles. The second kappa shape index (κ2) is 26.2. The molecule has 4 aliphatic rings. The minimum Gasteiger partial charge on any atom is -0.445 e. The lowest BCUT2D eigenvalue weighted by molar-refractivity contribution is -0.361. The second-order valence-corrected chi connectivity index (χ2v) is 28.6. The van der Waals surface area contributed by atoms with Gasteiger partial charge in [0.15, 0.2) is 12.6 Å². The van der Waals surface area contributed by atoms with Gasteiger partial charge in [-0.25, -0.2) is 0 Å². The van der Waals surface area contributed by atoms with Gasteiger partial charge in [0.2, 0.25) is 12.2 Å². The van der Waals surface area contributed by atoms with E-state index in [2.05, 4.69) is 45.0 Å². The molecule has 7 aromatic rings. The third-order valence-corrected chi connectivity index (χ3v) is 21.1. The number of carbonyl (C=O) groups is 2. The highest BCUT2D eigenvalue weighted by atomic mass is 35.6. The fourth-order valence-electron chi connectivity index (χ4n) is 11.6. The zero-order valence-electron chi connectivity index (χ0n) is 46.5. The van der Waals surface area contributed by atoms with Crippen LogP contribution in [0.15, 0.2) is 206 Å². The summed E-state index contributed by atoms with van der Waals surface area (Å²) in [5.41, 5.74) is 3.69. The van der Waals surface area contributed by atoms with Crippen molar-refractivity contribution in [1.29, 1.82) is 5.41 Å². The average Bonchev–Trinajstić information content (AvgIpc) is 1.89. The van der Waals surface area contributed by atoms with Gasteiger partial charge in [-0.1, -0.05) is 250 Å². The number of nitrogens with zero attached hydrogens (tertiary/aromatic N) is 1. The van der Waals surface area contributed by atoms with E-state index >= 15 is 0 Å². The predicted octanol–water partition coefficient (Wildman–Crippen LogP) is 11.3. The first kappa shape index (κ1) is 59.6. The SMILES string of the molecule is CC(C)(C)[Si](O[C@@H]1[C@H](OCc2ccccc2)[C@@H](OC(=N)C(Cl)(Cl)Cl)O[C@H](CO[C@@H]2O[C@@H]3CO[C@@H](c4ccccc4)O[C@H]3[C@H](OCc3ccccc3)[C@H]2N2C(=O)c3ccccc3C2=O)[C@H]1OCc1ccccc1)(c1ccccc1)c1ccccc1. The molecule has 18 heteroatoms. The molecule has 4 aliphatic heterocycles. The minimum absolute atomic E-state index is 0.0246. The third-order valence-electron chi connectivity index (χ3n) is 15.6. The molecule has 11 rings (SSSR count). The van der Waals surface area contributed by atoms with Crippen molar-refractivity contribution >= 4 is 71.2 Å². The van der Waals surface area contributed by atoms with Crippen LogP contribution in [0.2, 0.25) is 5.04 Å². The summed E-state index contributed by atoms with van der Waals surface area (Å²) >= 11 is 19.3. The van der Waals surface area contributed by atoms with E-state index in [-0.39, 0.29) is 44.2 Å². The molecule has 436 valence electrons. The molecule has 7 aromatic carbocycles. The topological polar surface area (TPSA) is 154 Å². The Labute approximate surface area is 505 Å². The third kappa shape index (κ3) is 12.9. The molecule has 11 atom stereocenters. The number of imide groups is 1. The summed E-state index contributed by atoms with van der Waals surface area (Å²) < 4.78 is 67.8.